The molecular weight excluding hydrogens is 383 g/mol. The van der Waals surface area contributed by atoms with Crippen molar-refractivity contribution in [3.8, 4) is 0 Å². The fourth-order valence-electron chi connectivity index (χ4n) is 1.63. The topological polar surface area (TPSA) is 52.6 Å². The molecule has 0 spiro atoms. The lowest BCUT2D eigenvalue weighted by Crippen LogP contribution is -2.09. The lowest BCUT2D eigenvalue weighted by Gasteiger charge is -2.07. The Morgan fingerprint density at radius 1 is 1.05 bits per heavy atom. The van der Waals surface area contributed by atoms with E-state index in [1.54, 1.807) is 0 Å². The summed E-state index contributed by atoms with van der Waals surface area (Å²) >= 11 is 2.21. The number of benzene rings is 1. The van der Waals surface area contributed by atoms with Crippen LogP contribution in [0.15, 0.2) is 24.3 Å². The lowest BCUT2D eigenvalue weighted by molar-refractivity contribution is -0.146. The molecule has 0 aromatic heterocycles. The van der Waals surface area contributed by atoms with Gasteiger partial charge < -0.3 is 9.47 Å². The highest BCUT2D eigenvalue weighted by Crippen LogP contribution is 2.13. The van der Waals surface area contributed by atoms with Gasteiger partial charge in [0.05, 0.1) is 6.61 Å². The molecule has 0 unspecified atom stereocenters. The van der Waals surface area contributed by atoms with Crippen molar-refractivity contribution in [3.63, 3.8) is 0 Å². The molecule has 0 saturated carbocycles. The van der Waals surface area contributed by atoms with E-state index in [1.807, 2.05) is 31.2 Å². The second kappa shape index (κ2) is 10.6. The van der Waals surface area contributed by atoms with E-state index in [-0.39, 0.29) is 31.4 Å². The highest BCUT2D eigenvalue weighted by Gasteiger charge is 2.08. The van der Waals surface area contributed by atoms with Crippen LogP contribution in [0.5, 0.6) is 0 Å². The van der Waals surface area contributed by atoms with E-state index in [4.69, 9.17) is 9.47 Å². The van der Waals surface area contributed by atoms with Gasteiger partial charge in [0.15, 0.2) is 0 Å². The van der Waals surface area contributed by atoms with Crippen molar-refractivity contribution < 1.29 is 19.1 Å². The van der Waals surface area contributed by atoms with E-state index >= 15 is 0 Å². The standard InChI is InChI=1S/C16H21IO4/c1-2-3-11-20-15(18)9-6-10-16(19)21-12-13-7-4-5-8-14(13)17/h4-5,7-8H,2-3,6,9-12H2,1H3. The Labute approximate surface area is 139 Å². The molecule has 0 N–H and O–H groups in total. The minimum Gasteiger partial charge on any atom is -0.466 e. The third-order valence-corrected chi connectivity index (χ3v) is 3.92. The molecule has 1 rings (SSSR count). The van der Waals surface area contributed by atoms with Gasteiger partial charge in [0, 0.05) is 22.0 Å². The summed E-state index contributed by atoms with van der Waals surface area (Å²) in [6, 6.07) is 7.76. The Kier molecular flexibility index (Phi) is 9.05. The van der Waals surface area contributed by atoms with Gasteiger partial charge in [0.25, 0.3) is 0 Å². The van der Waals surface area contributed by atoms with Crippen molar-refractivity contribution in [2.75, 3.05) is 6.61 Å². The number of rotatable bonds is 9. The molecular formula is C16H21IO4. The van der Waals surface area contributed by atoms with Crippen LogP contribution in [0, 0.1) is 3.57 Å². The minimum atomic E-state index is -0.281. The van der Waals surface area contributed by atoms with Crippen molar-refractivity contribution in [1.82, 2.24) is 0 Å². The Balaban J connectivity index is 2.14. The number of hydrogen-bond donors (Lipinski definition) is 0. The van der Waals surface area contributed by atoms with Gasteiger partial charge in [-0.15, -0.1) is 0 Å². The summed E-state index contributed by atoms with van der Waals surface area (Å²) in [6.07, 6.45) is 2.85. The fourth-order valence-corrected chi connectivity index (χ4v) is 2.17. The van der Waals surface area contributed by atoms with Gasteiger partial charge >= 0.3 is 11.9 Å². The Morgan fingerprint density at radius 2 is 1.71 bits per heavy atom. The maximum Gasteiger partial charge on any atom is 0.306 e. The molecule has 0 fully saturated rings. The lowest BCUT2D eigenvalue weighted by atomic mass is 10.2. The third-order valence-electron chi connectivity index (χ3n) is 2.87. The zero-order valence-corrected chi connectivity index (χ0v) is 14.4. The van der Waals surface area contributed by atoms with Crippen LogP contribution in [0.3, 0.4) is 0 Å². The molecule has 0 atom stereocenters. The monoisotopic (exact) mass is 404 g/mol. The smallest absolute Gasteiger partial charge is 0.306 e. The van der Waals surface area contributed by atoms with Crippen molar-refractivity contribution in [1.29, 1.82) is 0 Å². The van der Waals surface area contributed by atoms with Gasteiger partial charge in [-0.2, -0.15) is 0 Å². The molecule has 1 aromatic carbocycles. The molecule has 0 aliphatic carbocycles. The van der Waals surface area contributed by atoms with E-state index in [2.05, 4.69) is 22.6 Å². The normalized spacial score (nSPS) is 10.2. The quantitative estimate of drug-likeness (QED) is 0.357. The van der Waals surface area contributed by atoms with Gasteiger partial charge in [0.1, 0.15) is 6.61 Å². The van der Waals surface area contributed by atoms with Gasteiger partial charge in [-0.25, -0.2) is 0 Å². The SMILES string of the molecule is CCCCOC(=O)CCCC(=O)OCc1ccccc1I. The van der Waals surface area contributed by atoms with Gasteiger partial charge in [0.2, 0.25) is 0 Å². The van der Waals surface area contributed by atoms with E-state index in [1.165, 1.54) is 0 Å². The second-order valence-electron chi connectivity index (χ2n) is 4.68. The summed E-state index contributed by atoms with van der Waals surface area (Å²) < 4.78 is 11.3. The van der Waals surface area contributed by atoms with Crippen LogP contribution in [-0.4, -0.2) is 18.5 Å². The number of esters is 2. The number of halogens is 1. The number of hydrogen-bond acceptors (Lipinski definition) is 4. The van der Waals surface area contributed by atoms with E-state index in [9.17, 15) is 9.59 Å². The van der Waals surface area contributed by atoms with Crippen molar-refractivity contribution in [3.05, 3.63) is 33.4 Å². The van der Waals surface area contributed by atoms with Crippen molar-refractivity contribution in [2.45, 2.75) is 45.6 Å². The van der Waals surface area contributed by atoms with Crippen LogP contribution in [0.25, 0.3) is 0 Å². The van der Waals surface area contributed by atoms with Crippen LogP contribution in [-0.2, 0) is 25.7 Å². The fraction of sp³-hybridized carbons (Fsp3) is 0.500. The molecule has 0 amide bonds. The summed E-state index contributed by atoms with van der Waals surface area (Å²) in [5.41, 5.74) is 0.991. The van der Waals surface area contributed by atoms with Crippen LogP contribution in [0.4, 0.5) is 0 Å². The van der Waals surface area contributed by atoms with Gasteiger partial charge in [-0.05, 0) is 41.5 Å². The summed E-state index contributed by atoms with van der Waals surface area (Å²) in [4.78, 5) is 22.9. The van der Waals surface area contributed by atoms with Gasteiger partial charge in [-0.1, -0.05) is 31.5 Å². The number of unbranched alkanes of at least 4 members (excludes halogenated alkanes) is 1. The van der Waals surface area contributed by atoms with Gasteiger partial charge in [-0.3, -0.25) is 9.59 Å². The zero-order valence-electron chi connectivity index (χ0n) is 12.3. The largest absolute Gasteiger partial charge is 0.466 e. The zero-order chi connectivity index (χ0) is 15.5. The van der Waals surface area contributed by atoms with Crippen LogP contribution in [0.1, 0.15) is 44.6 Å². The number of carbonyl (C=O) groups is 2. The first-order chi connectivity index (χ1) is 10.1. The minimum absolute atomic E-state index is 0.242. The second-order valence-corrected chi connectivity index (χ2v) is 5.84. The summed E-state index contributed by atoms with van der Waals surface area (Å²) in [6.45, 7) is 2.78. The molecule has 0 heterocycles. The maximum atomic E-state index is 11.6. The summed E-state index contributed by atoms with van der Waals surface area (Å²) in [5, 5.41) is 0. The molecule has 0 aliphatic rings. The van der Waals surface area contributed by atoms with E-state index in [0.29, 0.717) is 13.0 Å². The number of ether oxygens (including phenoxy) is 2. The van der Waals surface area contributed by atoms with Crippen LogP contribution < -0.4 is 0 Å². The third kappa shape index (κ3) is 8.04. The molecule has 0 bridgehead atoms. The molecule has 116 valence electrons. The average Bonchev–Trinajstić information content (AvgIpc) is 2.47. The molecule has 0 aliphatic heterocycles. The first kappa shape index (κ1) is 17.9. The Hall–Kier alpha value is -1.11. The first-order valence-corrected chi connectivity index (χ1v) is 8.26. The van der Waals surface area contributed by atoms with E-state index in [0.717, 1.165) is 22.0 Å². The summed E-state index contributed by atoms with van der Waals surface area (Å²) in [7, 11) is 0. The highest BCUT2D eigenvalue weighted by atomic mass is 127. The predicted octanol–water partition coefficient (Wildman–Crippen LogP) is 3.85. The van der Waals surface area contributed by atoms with Crippen molar-refractivity contribution in [2.24, 2.45) is 0 Å². The molecule has 21 heavy (non-hydrogen) atoms. The first-order valence-electron chi connectivity index (χ1n) is 7.18. The average molecular weight is 404 g/mol. The van der Waals surface area contributed by atoms with Crippen LogP contribution >= 0.6 is 22.6 Å². The van der Waals surface area contributed by atoms with E-state index < -0.39 is 0 Å². The van der Waals surface area contributed by atoms with Crippen LogP contribution in [0.2, 0.25) is 0 Å². The highest BCUT2D eigenvalue weighted by molar-refractivity contribution is 14.1. The summed E-state index contributed by atoms with van der Waals surface area (Å²) in [5.74, 6) is -0.523. The molecule has 4 nitrogen and oxygen atoms in total. The maximum absolute atomic E-state index is 11.6. The number of carbonyl (C=O) groups excluding carboxylic acids is 2. The molecule has 0 saturated heterocycles. The molecule has 1 aromatic rings. The Morgan fingerprint density at radius 3 is 2.38 bits per heavy atom. The molecule has 5 heteroatoms. The predicted molar refractivity (Wildman–Crippen MR) is 88.7 cm³/mol. The molecule has 0 radical (unpaired) electrons. The Bertz CT molecular complexity index is 459. The van der Waals surface area contributed by atoms with Crippen molar-refractivity contribution >= 4 is 34.5 Å².